The number of nitrogens with two attached hydrogens (primary N) is 1. The molecule has 0 saturated carbocycles. The Labute approximate surface area is 116 Å². The van der Waals surface area contributed by atoms with Crippen molar-refractivity contribution in [2.75, 3.05) is 5.32 Å². The number of benzene rings is 1. The topological polar surface area (TPSA) is 72.9 Å². The second kappa shape index (κ2) is 4.96. The van der Waals surface area contributed by atoms with Crippen molar-refractivity contribution >= 4 is 11.8 Å². The molecule has 106 valence electrons. The summed E-state index contributed by atoms with van der Waals surface area (Å²) in [5, 5.41) is 6.93. The molecule has 2 rings (SSSR count). The fraction of sp³-hybridized carbons (Fsp3) is 0.286. The van der Waals surface area contributed by atoms with Crippen LogP contribution < -0.4 is 11.1 Å². The van der Waals surface area contributed by atoms with Crippen LogP contribution in [0.1, 0.15) is 26.5 Å². The van der Waals surface area contributed by atoms with Crippen molar-refractivity contribution in [3.05, 3.63) is 41.8 Å². The molecule has 0 fully saturated rings. The molecule has 3 N–H and O–H groups in total. The van der Waals surface area contributed by atoms with Gasteiger partial charge in [0.05, 0.1) is 11.4 Å². The summed E-state index contributed by atoms with van der Waals surface area (Å²) in [6.07, 6.45) is 0. The number of nitrogens with one attached hydrogen (secondary N) is 1. The molecule has 0 saturated heterocycles. The Morgan fingerprint density at radius 1 is 1.35 bits per heavy atom. The number of halogens is 1. The predicted octanol–water partition coefficient (Wildman–Crippen LogP) is 2.80. The fourth-order valence-corrected chi connectivity index (χ4v) is 1.77. The minimum atomic E-state index is -0.692. The van der Waals surface area contributed by atoms with E-state index in [9.17, 15) is 9.18 Å². The maximum Gasteiger partial charge on any atom is 0.317 e. The Morgan fingerprint density at radius 3 is 2.60 bits per heavy atom. The van der Waals surface area contributed by atoms with Crippen molar-refractivity contribution in [2.24, 2.45) is 5.73 Å². The van der Waals surface area contributed by atoms with Gasteiger partial charge in [0.25, 0.3) is 0 Å². The number of urea groups is 1. The molecule has 0 aliphatic heterocycles. The molecule has 6 heteroatoms. The van der Waals surface area contributed by atoms with Crippen molar-refractivity contribution < 1.29 is 9.18 Å². The maximum absolute atomic E-state index is 13.3. The number of hydrogen-bond acceptors (Lipinski definition) is 2. The SMILES string of the molecule is CC(C)(C)c1cc(NC(N)=O)n(-c2cccc(F)c2)n1. The van der Waals surface area contributed by atoms with E-state index in [1.165, 1.54) is 16.8 Å². The lowest BCUT2D eigenvalue weighted by atomic mass is 9.92. The normalized spacial score (nSPS) is 11.4. The first kappa shape index (κ1) is 14.0. The van der Waals surface area contributed by atoms with Gasteiger partial charge < -0.3 is 5.73 Å². The van der Waals surface area contributed by atoms with E-state index >= 15 is 0 Å². The van der Waals surface area contributed by atoms with Crippen LogP contribution in [-0.2, 0) is 5.41 Å². The van der Waals surface area contributed by atoms with Gasteiger partial charge in [0.1, 0.15) is 11.6 Å². The number of rotatable bonds is 2. The number of carbonyl (C=O) groups excluding carboxylic acids is 1. The first-order valence-electron chi connectivity index (χ1n) is 6.20. The fourth-order valence-electron chi connectivity index (χ4n) is 1.77. The standard InChI is InChI=1S/C14H17FN4O/c1-14(2,3)11-8-12(17-13(16)20)19(18-11)10-6-4-5-9(15)7-10/h4-8H,1-3H3,(H3,16,17,20). The number of carbonyl (C=O) groups is 1. The Kier molecular flexibility index (Phi) is 3.48. The molecule has 0 aliphatic carbocycles. The third-order valence-electron chi connectivity index (χ3n) is 2.78. The van der Waals surface area contributed by atoms with Crippen LogP contribution in [0.4, 0.5) is 15.0 Å². The van der Waals surface area contributed by atoms with Gasteiger partial charge in [0.2, 0.25) is 0 Å². The smallest absolute Gasteiger partial charge is 0.317 e. The molecule has 0 spiro atoms. The van der Waals surface area contributed by atoms with Gasteiger partial charge in [0, 0.05) is 11.5 Å². The van der Waals surface area contributed by atoms with Gasteiger partial charge in [-0.2, -0.15) is 5.10 Å². The maximum atomic E-state index is 13.3. The molecule has 20 heavy (non-hydrogen) atoms. The molecule has 2 aromatic rings. The summed E-state index contributed by atoms with van der Waals surface area (Å²) in [4.78, 5) is 11.1. The van der Waals surface area contributed by atoms with E-state index in [0.717, 1.165) is 5.69 Å². The van der Waals surface area contributed by atoms with Crippen LogP contribution in [0.25, 0.3) is 5.69 Å². The largest absolute Gasteiger partial charge is 0.351 e. The van der Waals surface area contributed by atoms with Crippen LogP contribution in [-0.4, -0.2) is 15.8 Å². The summed E-state index contributed by atoms with van der Waals surface area (Å²) in [5.41, 5.74) is 6.24. The summed E-state index contributed by atoms with van der Waals surface area (Å²) in [5.74, 6) is 0.0355. The second-order valence-corrected chi connectivity index (χ2v) is 5.55. The Balaban J connectivity index is 2.55. The van der Waals surface area contributed by atoms with Gasteiger partial charge >= 0.3 is 6.03 Å². The van der Waals surface area contributed by atoms with E-state index in [-0.39, 0.29) is 11.2 Å². The van der Waals surface area contributed by atoms with Crippen LogP contribution in [0.2, 0.25) is 0 Å². The molecule has 0 aliphatic rings. The molecule has 0 radical (unpaired) electrons. The van der Waals surface area contributed by atoms with Crippen LogP contribution in [0.5, 0.6) is 0 Å². The molecule has 0 atom stereocenters. The van der Waals surface area contributed by atoms with Gasteiger partial charge in [-0.15, -0.1) is 0 Å². The Morgan fingerprint density at radius 2 is 2.05 bits per heavy atom. The average molecular weight is 276 g/mol. The number of aromatic nitrogens is 2. The highest BCUT2D eigenvalue weighted by Gasteiger charge is 2.21. The van der Waals surface area contributed by atoms with E-state index in [4.69, 9.17) is 5.73 Å². The van der Waals surface area contributed by atoms with E-state index in [1.807, 2.05) is 20.8 Å². The molecule has 0 unspecified atom stereocenters. The number of amides is 2. The number of primary amides is 1. The Hall–Kier alpha value is -2.37. The third kappa shape index (κ3) is 2.96. The van der Waals surface area contributed by atoms with Crippen LogP contribution in [0, 0.1) is 5.82 Å². The highest BCUT2D eigenvalue weighted by atomic mass is 19.1. The second-order valence-electron chi connectivity index (χ2n) is 5.55. The lowest BCUT2D eigenvalue weighted by molar-refractivity contribution is 0.259. The van der Waals surface area contributed by atoms with E-state index in [0.29, 0.717) is 11.5 Å². The van der Waals surface area contributed by atoms with Crippen molar-refractivity contribution in [3.8, 4) is 5.69 Å². The van der Waals surface area contributed by atoms with E-state index < -0.39 is 6.03 Å². The van der Waals surface area contributed by atoms with E-state index in [2.05, 4.69) is 10.4 Å². The number of hydrogen-bond donors (Lipinski definition) is 2. The summed E-state index contributed by atoms with van der Waals surface area (Å²) >= 11 is 0. The zero-order valence-electron chi connectivity index (χ0n) is 11.6. The van der Waals surface area contributed by atoms with Crippen molar-refractivity contribution in [3.63, 3.8) is 0 Å². The molecule has 1 aromatic carbocycles. The molecule has 5 nitrogen and oxygen atoms in total. The molecule has 2 amide bonds. The van der Waals surface area contributed by atoms with Gasteiger partial charge in [-0.25, -0.2) is 13.9 Å². The highest BCUT2D eigenvalue weighted by molar-refractivity contribution is 5.87. The van der Waals surface area contributed by atoms with Gasteiger partial charge in [-0.3, -0.25) is 5.32 Å². The Bertz CT molecular complexity index is 643. The molecule has 0 bridgehead atoms. The molecule has 1 aromatic heterocycles. The lowest BCUT2D eigenvalue weighted by Crippen LogP contribution is -2.21. The van der Waals surface area contributed by atoms with Crippen molar-refractivity contribution in [1.82, 2.24) is 9.78 Å². The zero-order chi connectivity index (χ0) is 14.9. The molecule has 1 heterocycles. The monoisotopic (exact) mass is 276 g/mol. The van der Waals surface area contributed by atoms with Crippen molar-refractivity contribution in [2.45, 2.75) is 26.2 Å². The number of anilines is 1. The third-order valence-corrected chi connectivity index (χ3v) is 2.78. The average Bonchev–Trinajstić information content (AvgIpc) is 2.71. The number of nitrogens with zero attached hydrogens (tertiary/aromatic N) is 2. The van der Waals surface area contributed by atoms with E-state index in [1.54, 1.807) is 18.2 Å². The van der Waals surface area contributed by atoms with Crippen LogP contribution in [0.3, 0.4) is 0 Å². The zero-order valence-corrected chi connectivity index (χ0v) is 11.6. The van der Waals surface area contributed by atoms with Gasteiger partial charge in [0.15, 0.2) is 0 Å². The molecular weight excluding hydrogens is 259 g/mol. The van der Waals surface area contributed by atoms with Gasteiger partial charge in [-0.05, 0) is 18.2 Å². The highest BCUT2D eigenvalue weighted by Crippen LogP contribution is 2.26. The summed E-state index contributed by atoms with van der Waals surface area (Å²) in [6, 6.07) is 7.01. The van der Waals surface area contributed by atoms with Crippen molar-refractivity contribution in [1.29, 1.82) is 0 Å². The minimum absolute atomic E-state index is 0.202. The summed E-state index contributed by atoms with van der Waals surface area (Å²) < 4.78 is 14.8. The van der Waals surface area contributed by atoms with Crippen LogP contribution in [0.15, 0.2) is 30.3 Å². The first-order valence-corrected chi connectivity index (χ1v) is 6.20. The first-order chi connectivity index (χ1) is 9.27. The van der Waals surface area contributed by atoms with Gasteiger partial charge in [-0.1, -0.05) is 26.8 Å². The summed E-state index contributed by atoms with van der Waals surface area (Å²) in [6.45, 7) is 6.00. The predicted molar refractivity (Wildman–Crippen MR) is 75.4 cm³/mol. The quantitative estimate of drug-likeness (QED) is 0.885. The molecular formula is C14H17FN4O. The minimum Gasteiger partial charge on any atom is -0.351 e. The van der Waals surface area contributed by atoms with Crippen LogP contribution >= 0.6 is 0 Å². The summed E-state index contributed by atoms with van der Waals surface area (Å²) in [7, 11) is 0. The lowest BCUT2D eigenvalue weighted by Gasteiger charge is -2.14.